The molecule has 0 spiro atoms. The quantitative estimate of drug-likeness (QED) is 0.781. The molecular weight excluding hydrogens is 333 g/mol. The molecule has 142 valence electrons. The fourth-order valence-electron chi connectivity index (χ4n) is 3.60. The summed E-state index contributed by atoms with van der Waals surface area (Å²) in [6, 6.07) is 6.47. The van der Waals surface area contributed by atoms with Crippen LogP contribution in [0.3, 0.4) is 0 Å². The number of nitrogens with zero attached hydrogens (tertiary/aromatic N) is 3. The molecule has 3 rings (SSSR count). The highest BCUT2D eigenvalue weighted by atomic mass is 19.1. The lowest BCUT2D eigenvalue weighted by atomic mass is 10.2. The monoisotopic (exact) mass is 361 g/mol. The van der Waals surface area contributed by atoms with Gasteiger partial charge in [-0.1, -0.05) is 13.3 Å². The summed E-state index contributed by atoms with van der Waals surface area (Å²) in [6.07, 6.45) is 2.74. The van der Waals surface area contributed by atoms with E-state index in [2.05, 4.69) is 11.8 Å². The van der Waals surface area contributed by atoms with Crippen LogP contribution in [-0.4, -0.2) is 61.4 Å². The molecule has 1 aromatic rings. The number of carbonyl (C=O) groups is 2. The van der Waals surface area contributed by atoms with Crippen LogP contribution in [0.1, 0.15) is 26.2 Å². The highest BCUT2D eigenvalue weighted by molar-refractivity contribution is 5.92. The lowest BCUT2D eigenvalue weighted by molar-refractivity contribution is -0.137. The van der Waals surface area contributed by atoms with Gasteiger partial charge in [-0.15, -0.1) is 0 Å². The number of hydrogen-bond acceptors (Lipinski definition) is 3. The van der Waals surface area contributed by atoms with Gasteiger partial charge in [-0.25, -0.2) is 4.39 Å². The Bertz CT molecular complexity index is 641. The Hall–Kier alpha value is -2.11. The molecule has 2 unspecified atom stereocenters. The lowest BCUT2D eigenvalue weighted by Crippen LogP contribution is -2.49. The summed E-state index contributed by atoms with van der Waals surface area (Å²) in [7, 11) is 1.83. The first-order valence-corrected chi connectivity index (χ1v) is 9.55. The maximum absolute atomic E-state index is 13.0. The first kappa shape index (κ1) is 18.7. The summed E-state index contributed by atoms with van der Waals surface area (Å²) >= 11 is 0. The van der Waals surface area contributed by atoms with Gasteiger partial charge in [-0.2, -0.15) is 0 Å². The zero-order valence-corrected chi connectivity index (χ0v) is 15.7. The SMILES string of the molecule is CCCCN(C)C(=O)C1CC1C(=O)N1CCN(c2ccc(F)cc2)CC1. The highest BCUT2D eigenvalue weighted by Crippen LogP contribution is 2.41. The Kier molecular flexibility index (Phi) is 5.79. The van der Waals surface area contributed by atoms with Gasteiger partial charge >= 0.3 is 0 Å². The van der Waals surface area contributed by atoms with Crippen LogP contribution in [0.25, 0.3) is 0 Å². The summed E-state index contributed by atoms with van der Waals surface area (Å²) in [4.78, 5) is 30.9. The van der Waals surface area contributed by atoms with Gasteiger partial charge in [0.25, 0.3) is 0 Å². The molecule has 2 atom stereocenters. The van der Waals surface area contributed by atoms with E-state index >= 15 is 0 Å². The second kappa shape index (κ2) is 8.06. The van der Waals surface area contributed by atoms with Gasteiger partial charge < -0.3 is 14.7 Å². The number of benzene rings is 1. The van der Waals surface area contributed by atoms with E-state index in [-0.39, 0.29) is 29.5 Å². The van der Waals surface area contributed by atoms with Crippen LogP contribution in [0.4, 0.5) is 10.1 Å². The standard InChI is InChI=1S/C20H28FN3O2/c1-3-4-9-22(2)19(25)17-14-18(17)20(26)24-12-10-23(11-13-24)16-7-5-15(21)6-8-16/h5-8,17-18H,3-4,9-14H2,1-2H3. The average molecular weight is 361 g/mol. The fourth-order valence-corrected chi connectivity index (χ4v) is 3.60. The zero-order chi connectivity index (χ0) is 18.7. The molecule has 0 aromatic heterocycles. The molecule has 1 aliphatic heterocycles. The third-order valence-electron chi connectivity index (χ3n) is 5.43. The Morgan fingerprint density at radius 3 is 2.38 bits per heavy atom. The van der Waals surface area contributed by atoms with E-state index in [0.29, 0.717) is 19.5 Å². The summed E-state index contributed by atoms with van der Waals surface area (Å²) in [5, 5.41) is 0. The second-order valence-electron chi connectivity index (χ2n) is 7.35. The first-order valence-electron chi connectivity index (χ1n) is 9.55. The van der Waals surface area contributed by atoms with Crippen LogP contribution < -0.4 is 4.90 Å². The second-order valence-corrected chi connectivity index (χ2v) is 7.35. The predicted molar refractivity (Wildman–Crippen MR) is 99.3 cm³/mol. The van der Waals surface area contributed by atoms with Crippen molar-refractivity contribution >= 4 is 17.5 Å². The van der Waals surface area contributed by atoms with Gasteiger partial charge in [0, 0.05) is 45.5 Å². The van der Waals surface area contributed by atoms with Crippen LogP contribution in [0.15, 0.2) is 24.3 Å². The van der Waals surface area contributed by atoms with Crippen molar-refractivity contribution in [3.05, 3.63) is 30.1 Å². The first-order chi connectivity index (χ1) is 12.5. The maximum atomic E-state index is 13.0. The van der Waals surface area contributed by atoms with Crippen LogP contribution in [0.5, 0.6) is 0 Å². The van der Waals surface area contributed by atoms with Gasteiger partial charge in [0.05, 0.1) is 11.8 Å². The predicted octanol–water partition coefficient (Wildman–Crippen LogP) is 2.37. The van der Waals surface area contributed by atoms with Crippen molar-refractivity contribution < 1.29 is 14.0 Å². The van der Waals surface area contributed by atoms with E-state index in [9.17, 15) is 14.0 Å². The molecule has 2 fully saturated rings. The minimum absolute atomic E-state index is 0.113. The number of unbranched alkanes of at least 4 members (excludes halogenated alkanes) is 1. The van der Waals surface area contributed by atoms with Gasteiger partial charge in [0.2, 0.25) is 11.8 Å². The van der Waals surface area contributed by atoms with E-state index in [0.717, 1.165) is 38.2 Å². The Balaban J connectivity index is 1.47. The third kappa shape index (κ3) is 4.17. The van der Waals surface area contributed by atoms with Gasteiger partial charge in [-0.3, -0.25) is 9.59 Å². The zero-order valence-electron chi connectivity index (χ0n) is 15.7. The number of anilines is 1. The van der Waals surface area contributed by atoms with Crippen LogP contribution in [-0.2, 0) is 9.59 Å². The molecule has 6 heteroatoms. The van der Waals surface area contributed by atoms with Gasteiger partial charge in [0.15, 0.2) is 0 Å². The number of hydrogen-bond donors (Lipinski definition) is 0. The molecular formula is C20H28FN3O2. The van der Waals surface area contributed by atoms with Crippen molar-refractivity contribution in [1.82, 2.24) is 9.80 Å². The summed E-state index contributed by atoms with van der Waals surface area (Å²) in [5.41, 5.74) is 0.982. The normalized spacial score (nSPS) is 22.3. The van der Waals surface area contributed by atoms with E-state index in [1.165, 1.54) is 12.1 Å². The minimum Gasteiger partial charge on any atom is -0.368 e. The van der Waals surface area contributed by atoms with E-state index in [1.807, 2.05) is 11.9 Å². The molecule has 5 nitrogen and oxygen atoms in total. The molecule has 1 heterocycles. The van der Waals surface area contributed by atoms with Crippen molar-refractivity contribution in [2.45, 2.75) is 26.2 Å². The molecule has 0 N–H and O–H groups in total. The average Bonchev–Trinajstić information content (AvgIpc) is 3.46. The van der Waals surface area contributed by atoms with E-state index < -0.39 is 0 Å². The Morgan fingerprint density at radius 2 is 1.77 bits per heavy atom. The van der Waals surface area contributed by atoms with Crippen LogP contribution in [0.2, 0.25) is 0 Å². The fraction of sp³-hybridized carbons (Fsp3) is 0.600. The molecule has 2 amide bonds. The number of halogens is 1. The number of carbonyl (C=O) groups excluding carboxylic acids is 2. The minimum atomic E-state index is -0.240. The van der Waals surface area contributed by atoms with Gasteiger partial charge in [-0.05, 0) is 37.1 Å². The Labute approximate surface area is 154 Å². The van der Waals surface area contributed by atoms with Crippen LogP contribution >= 0.6 is 0 Å². The molecule has 0 radical (unpaired) electrons. The molecule has 26 heavy (non-hydrogen) atoms. The van der Waals surface area contributed by atoms with Crippen molar-refractivity contribution in [2.75, 3.05) is 44.7 Å². The highest BCUT2D eigenvalue weighted by Gasteiger charge is 2.50. The third-order valence-corrected chi connectivity index (χ3v) is 5.43. The van der Waals surface area contributed by atoms with Crippen molar-refractivity contribution in [1.29, 1.82) is 0 Å². The molecule has 1 saturated carbocycles. The van der Waals surface area contributed by atoms with Crippen molar-refractivity contribution in [2.24, 2.45) is 11.8 Å². The topological polar surface area (TPSA) is 43.9 Å². The largest absolute Gasteiger partial charge is 0.368 e. The van der Waals surface area contributed by atoms with Crippen LogP contribution in [0, 0.1) is 17.7 Å². The summed E-state index contributed by atoms with van der Waals surface area (Å²) in [6.45, 7) is 5.65. The molecule has 1 aromatic carbocycles. The van der Waals surface area contributed by atoms with E-state index in [4.69, 9.17) is 0 Å². The van der Waals surface area contributed by atoms with Crippen molar-refractivity contribution in [3.8, 4) is 0 Å². The molecule has 2 aliphatic rings. The Morgan fingerprint density at radius 1 is 1.12 bits per heavy atom. The van der Waals surface area contributed by atoms with Crippen molar-refractivity contribution in [3.63, 3.8) is 0 Å². The molecule has 0 bridgehead atoms. The smallest absolute Gasteiger partial charge is 0.226 e. The number of rotatable bonds is 6. The summed E-state index contributed by atoms with van der Waals surface area (Å²) < 4.78 is 13.0. The molecule has 1 aliphatic carbocycles. The lowest BCUT2D eigenvalue weighted by Gasteiger charge is -2.36. The van der Waals surface area contributed by atoms with E-state index in [1.54, 1.807) is 17.0 Å². The molecule has 1 saturated heterocycles. The number of piperazine rings is 1. The summed E-state index contributed by atoms with van der Waals surface area (Å²) in [5.74, 6) is -0.271. The maximum Gasteiger partial charge on any atom is 0.226 e. The van der Waals surface area contributed by atoms with Gasteiger partial charge in [0.1, 0.15) is 5.82 Å². The number of amides is 2.